The van der Waals surface area contributed by atoms with E-state index >= 15 is 0 Å². The van der Waals surface area contributed by atoms with Crippen LogP contribution in [-0.4, -0.2) is 53.7 Å². The predicted octanol–water partition coefficient (Wildman–Crippen LogP) is 1.92. The van der Waals surface area contributed by atoms with Crippen molar-refractivity contribution in [3.05, 3.63) is 21.9 Å². The lowest BCUT2D eigenvalue weighted by atomic mass is 9.96. The Labute approximate surface area is 158 Å². The third kappa shape index (κ3) is 4.84. The molecule has 0 bridgehead atoms. The van der Waals surface area contributed by atoms with E-state index in [1.165, 1.54) is 4.88 Å². The molecule has 6 nitrogen and oxygen atoms in total. The highest BCUT2D eigenvalue weighted by Gasteiger charge is 2.30. The van der Waals surface area contributed by atoms with Gasteiger partial charge in [0.2, 0.25) is 17.7 Å². The number of rotatable bonds is 7. The number of amides is 3. The fourth-order valence-electron chi connectivity index (χ4n) is 3.64. The molecule has 0 spiro atoms. The monoisotopic (exact) mass is 377 g/mol. The molecule has 1 unspecified atom stereocenters. The molecular formula is C19H27N3O3S. The number of hydrogen-bond donors (Lipinski definition) is 1. The molecule has 1 N–H and O–H groups in total. The van der Waals surface area contributed by atoms with Crippen molar-refractivity contribution in [1.82, 2.24) is 15.1 Å². The Morgan fingerprint density at radius 1 is 1.19 bits per heavy atom. The maximum Gasteiger partial charge on any atom is 0.225 e. The molecule has 0 aliphatic carbocycles. The minimum absolute atomic E-state index is 0.0308. The van der Waals surface area contributed by atoms with Crippen molar-refractivity contribution in [2.45, 2.75) is 45.6 Å². The smallest absolute Gasteiger partial charge is 0.225 e. The standard InChI is InChI=1S/C19H27N3O3S/c1-14-5-7-16(26-14)12-20-19(25)15-6-8-18(24)22(13-15)11-3-10-21-9-2-4-17(21)23/h5,7,15H,2-4,6,8-13H2,1H3,(H,20,25). The van der Waals surface area contributed by atoms with Crippen LogP contribution in [-0.2, 0) is 20.9 Å². The van der Waals surface area contributed by atoms with Crippen LogP contribution in [0, 0.1) is 12.8 Å². The number of aryl methyl sites for hydroxylation is 1. The highest BCUT2D eigenvalue weighted by atomic mass is 32.1. The second-order valence-corrected chi connectivity index (χ2v) is 8.52. The van der Waals surface area contributed by atoms with E-state index in [9.17, 15) is 14.4 Å². The Balaban J connectivity index is 1.43. The summed E-state index contributed by atoms with van der Waals surface area (Å²) in [5, 5.41) is 3.00. The highest BCUT2D eigenvalue weighted by Crippen LogP contribution is 2.20. The molecule has 2 aliphatic rings. The summed E-state index contributed by atoms with van der Waals surface area (Å²) in [6.07, 6.45) is 3.41. The van der Waals surface area contributed by atoms with E-state index in [-0.39, 0.29) is 23.6 Å². The van der Waals surface area contributed by atoms with Crippen LogP contribution in [0.2, 0.25) is 0 Å². The molecular weight excluding hydrogens is 350 g/mol. The zero-order valence-electron chi connectivity index (χ0n) is 15.3. The predicted molar refractivity (Wildman–Crippen MR) is 101 cm³/mol. The first-order valence-electron chi connectivity index (χ1n) is 9.41. The van der Waals surface area contributed by atoms with E-state index in [1.54, 1.807) is 16.2 Å². The maximum absolute atomic E-state index is 12.5. The third-order valence-electron chi connectivity index (χ3n) is 5.13. The van der Waals surface area contributed by atoms with Gasteiger partial charge in [0.25, 0.3) is 0 Å². The highest BCUT2D eigenvalue weighted by molar-refractivity contribution is 7.11. The number of hydrogen-bond acceptors (Lipinski definition) is 4. The summed E-state index contributed by atoms with van der Waals surface area (Å²) in [5.41, 5.74) is 0. The normalized spacial score (nSPS) is 20.7. The van der Waals surface area contributed by atoms with Gasteiger partial charge in [-0.05, 0) is 38.3 Å². The summed E-state index contributed by atoms with van der Waals surface area (Å²) in [7, 11) is 0. The lowest BCUT2D eigenvalue weighted by Crippen LogP contribution is -2.46. The van der Waals surface area contributed by atoms with E-state index in [2.05, 4.69) is 18.3 Å². The Kier molecular flexibility index (Phi) is 6.29. The summed E-state index contributed by atoms with van der Waals surface area (Å²) < 4.78 is 0. The van der Waals surface area contributed by atoms with Gasteiger partial charge in [-0.25, -0.2) is 0 Å². The fourth-order valence-corrected chi connectivity index (χ4v) is 4.47. The average molecular weight is 378 g/mol. The third-order valence-corrected chi connectivity index (χ3v) is 6.13. The first kappa shape index (κ1) is 18.9. The van der Waals surface area contributed by atoms with Crippen LogP contribution >= 0.6 is 11.3 Å². The molecule has 0 radical (unpaired) electrons. The summed E-state index contributed by atoms with van der Waals surface area (Å²) in [6, 6.07) is 4.09. The van der Waals surface area contributed by atoms with Gasteiger partial charge in [-0.15, -0.1) is 11.3 Å². The van der Waals surface area contributed by atoms with Gasteiger partial charge in [-0.1, -0.05) is 0 Å². The molecule has 0 aromatic carbocycles. The Hall–Kier alpha value is -1.89. The molecule has 1 atom stereocenters. The first-order chi connectivity index (χ1) is 12.5. The summed E-state index contributed by atoms with van der Waals surface area (Å²) >= 11 is 1.69. The largest absolute Gasteiger partial charge is 0.351 e. The number of thiophene rings is 1. The van der Waals surface area contributed by atoms with Gasteiger partial charge in [0.05, 0.1) is 12.5 Å². The Morgan fingerprint density at radius 3 is 2.65 bits per heavy atom. The van der Waals surface area contributed by atoms with Gasteiger partial charge in [0.15, 0.2) is 0 Å². The van der Waals surface area contributed by atoms with E-state index in [0.717, 1.165) is 24.3 Å². The van der Waals surface area contributed by atoms with Crippen LogP contribution in [0.15, 0.2) is 12.1 Å². The van der Waals surface area contributed by atoms with Gasteiger partial charge < -0.3 is 15.1 Å². The molecule has 3 heterocycles. The van der Waals surface area contributed by atoms with E-state index in [0.29, 0.717) is 45.4 Å². The Bertz CT molecular complexity index is 673. The number of likely N-dealkylation sites (tertiary alicyclic amines) is 2. The van der Waals surface area contributed by atoms with Crippen LogP contribution in [0.4, 0.5) is 0 Å². The van der Waals surface area contributed by atoms with Gasteiger partial charge in [-0.2, -0.15) is 0 Å². The van der Waals surface area contributed by atoms with E-state index in [4.69, 9.17) is 0 Å². The van der Waals surface area contributed by atoms with Crippen LogP contribution in [0.5, 0.6) is 0 Å². The quantitative estimate of drug-likeness (QED) is 0.789. The van der Waals surface area contributed by atoms with Crippen molar-refractivity contribution in [3.8, 4) is 0 Å². The molecule has 1 aromatic rings. The second kappa shape index (κ2) is 8.66. The molecule has 26 heavy (non-hydrogen) atoms. The van der Waals surface area contributed by atoms with Gasteiger partial charge in [0, 0.05) is 48.8 Å². The lowest BCUT2D eigenvalue weighted by molar-refractivity contribution is -0.138. The molecule has 3 amide bonds. The topological polar surface area (TPSA) is 69.7 Å². The lowest BCUT2D eigenvalue weighted by Gasteiger charge is -2.32. The molecule has 2 saturated heterocycles. The molecule has 2 fully saturated rings. The number of carbonyl (C=O) groups excluding carboxylic acids is 3. The van der Waals surface area contributed by atoms with Crippen LogP contribution < -0.4 is 5.32 Å². The summed E-state index contributed by atoms with van der Waals surface area (Å²) in [4.78, 5) is 42.3. The molecule has 0 saturated carbocycles. The van der Waals surface area contributed by atoms with Crippen molar-refractivity contribution in [2.24, 2.45) is 5.92 Å². The van der Waals surface area contributed by atoms with E-state index < -0.39 is 0 Å². The van der Waals surface area contributed by atoms with Crippen molar-refractivity contribution < 1.29 is 14.4 Å². The van der Waals surface area contributed by atoms with Gasteiger partial charge in [-0.3, -0.25) is 14.4 Å². The second-order valence-electron chi connectivity index (χ2n) is 7.14. The number of carbonyl (C=O) groups is 3. The zero-order chi connectivity index (χ0) is 18.5. The molecule has 142 valence electrons. The van der Waals surface area contributed by atoms with Crippen LogP contribution in [0.25, 0.3) is 0 Å². The number of nitrogens with one attached hydrogen (secondary N) is 1. The number of piperidine rings is 1. The minimum Gasteiger partial charge on any atom is -0.351 e. The minimum atomic E-state index is -0.137. The van der Waals surface area contributed by atoms with Gasteiger partial charge in [0.1, 0.15) is 0 Å². The molecule has 1 aromatic heterocycles. The number of nitrogens with zero attached hydrogens (tertiary/aromatic N) is 2. The summed E-state index contributed by atoms with van der Waals surface area (Å²) in [6.45, 7) is 5.25. The first-order valence-corrected chi connectivity index (χ1v) is 10.2. The zero-order valence-corrected chi connectivity index (χ0v) is 16.1. The van der Waals surface area contributed by atoms with Crippen LogP contribution in [0.1, 0.15) is 41.9 Å². The van der Waals surface area contributed by atoms with Gasteiger partial charge >= 0.3 is 0 Å². The van der Waals surface area contributed by atoms with Crippen molar-refractivity contribution in [3.63, 3.8) is 0 Å². The average Bonchev–Trinajstić information content (AvgIpc) is 3.22. The molecule has 2 aliphatic heterocycles. The van der Waals surface area contributed by atoms with Crippen molar-refractivity contribution >= 4 is 29.1 Å². The van der Waals surface area contributed by atoms with Crippen molar-refractivity contribution in [1.29, 1.82) is 0 Å². The SMILES string of the molecule is Cc1ccc(CNC(=O)C2CCC(=O)N(CCCN3CCCC3=O)C2)s1. The van der Waals surface area contributed by atoms with E-state index in [1.807, 2.05) is 11.0 Å². The molecule has 7 heteroatoms. The molecule has 3 rings (SSSR count). The van der Waals surface area contributed by atoms with Crippen LogP contribution in [0.3, 0.4) is 0 Å². The fraction of sp³-hybridized carbons (Fsp3) is 0.632. The van der Waals surface area contributed by atoms with Crippen molar-refractivity contribution in [2.75, 3.05) is 26.2 Å². The Morgan fingerprint density at radius 2 is 1.96 bits per heavy atom. The summed E-state index contributed by atoms with van der Waals surface area (Å²) in [5.74, 6) is 0.233. The maximum atomic E-state index is 12.5.